The lowest BCUT2D eigenvalue weighted by Gasteiger charge is -2.58. The van der Waals surface area contributed by atoms with Gasteiger partial charge in [0.25, 0.3) is 0 Å². The fraction of sp³-hybridized carbons (Fsp3) is 0.900. The van der Waals surface area contributed by atoms with Crippen LogP contribution in [0.15, 0.2) is 0 Å². The van der Waals surface area contributed by atoms with Crippen molar-refractivity contribution in [2.45, 2.75) is 79.6 Å². The predicted molar refractivity (Wildman–Crippen MR) is 92.2 cm³/mol. The van der Waals surface area contributed by atoms with Crippen molar-refractivity contribution in [1.29, 1.82) is 0 Å². The van der Waals surface area contributed by atoms with Gasteiger partial charge in [0.1, 0.15) is 6.29 Å². The molecule has 5 atom stereocenters. The van der Waals surface area contributed by atoms with Crippen molar-refractivity contribution in [3.05, 3.63) is 0 Å². The van der Waals surface area contributed by atoms with E-state index in [4.69, 9.17) is 0 Å². The molecular weight excluding hydrogens is 288 g/mol. The molecule has 132 valence electrons. The Morgan fingerprint density at radius 2 is 1.83 bits per heavy atom. The largest absolute Gasteiger partial charge is 0.481 e. The van der Waals surface area contributed by atoms with E-state index in [2.05, 4.69) is 34.6 Å². The molecule has 0 spiro atoms. The predicted octanol–water partition coefficient (Wildman–Crippen LogP) is 4.94. The molecule has 0 amide bonds. The molecule has 3 nitrogen and oxygen atoms in total. The molecule has 4 unspecified atom stereocenters. The molecule has 2 fully saturated rings. The van der Waals surface area contributed by atoms with Gasteiger partial charge in [0.15, 0.2) is 0 Å². The first kappa shape index (κ1) is 18.5. The number of carboxylic acid groups (broad SMARTS) is 1. The SMILES string of the molecule is CCC1(C)C(C=O)C(C(=O)O)CCC1[C@@]1(C)CCCC(C)(C)C1. The lowest BCUT2D eigenvalue weighted by molar-refractivity contribution is -0.159. The molecule has 0 saturated heterocycles. The minimum Gasteiger partial charge on any atom is -0.481 e. The normalized spacial score (nSPS) is 43.8. The van der Waals surface area contributed by atoms with Gasteiger partial charge in [-0.05, 0) is 60.7 Å². The number of rotatable bonds is 4. The number of carboxylic acids is 1. The maximum Gasteiger partial charge on any atom is 0.307 e. The average Bonchev–Trinajstić information content (AvgIpc) is 2.44. The van der Waals surface area contributed by atoms with Gasteiger partial charge in [0.2, 0.25) is 0 Å². The number of carbonyl (C=O) groups is 2. The minimum atomic E-state index is -0.797. The smallest absolute Gasteiger partial charge is 0.307 e. The van der Waals surface area contributed by atoms with Gasteiger partial charge in [-0.3, -0.25) is 4.79 Å². The van der Waals surface area contributed by atoms with Crippen LogP contribution in [0.2, 0.25) is 0 Å². The Labute approximate surface area is 141 Å². The summed E-state index contributed by atoms with van der Waals surface area (Å²) in [4.78, 5) is 23.5. The van der Waals surface area contributed by atoms with Gasteiger partial charge < -0.3 is 9.90 Å². The van der Waals surface area contributed by atoms with Gasteiger partial charge in [0, 0.05) is 5.92 Å². The Kier molecular flexibility index (Phi) is 4.99. The minimum absolute atomic E-state index is 0.203. The molecule has 0 aliphatic heterocycles. The third kappa shape index (κ3) is 3.21. The van der Waals surface area contributed by atoms with Crippen molar-refractivity contribution in [2.24, 2.45) is 34.0 Å². The van der Waals surface area contributed by atoms with E-state index in [-0.39, 0.29) is 16.7 Å². The van der Waals surface area contributed by atoms with Crippen LogP contribution in [0.3, 0.4) is 0 Å². The molecular formula is C20H34O3. The quantitative estimate of drug-likeness (QED) is 0.746. The van der Waals surface area contributed by atoms with E-state index in [1.165, 1.54) is 25.7 Å². The molecule has 2 saturated carbocycles. The number of hydrogen-bond donors (Lipinski definition) is 1. The Morgan fingerprint density at radius 1 is 1.17 bits per heavy atom. The fourth-order valence-electron chi connectivity index (χ4n) is 6.24. The number of aldehydes is 1. The summed E-state index contributed by atoms with van der Waals surface area (Å²) in [6, 6.07) is 0. The van der Waals surface area contributed by atoms with Crippen LogP contribution in [-0.4, -0.2) is 17.4 Å². The Bertz CT molecular complexity index is 470. The van der Waals surface area contributed by atoms with E-state index in [0.717, 1.165) is 19.1 Å². The van der Waals surface area contributed by atoms with Crippen molar-refractivity contribution >= 4 is 12.3 Å². The highest BCUT2D eigenvalue weighted by molar-refractivity contribution is 5.75. The summed E-state index contributed by atoms with van der Waals surface area (Å²) in [5.41, 5.74) is 0.366. The third-order valence-electron chi connectivity index (χ3n) is 7.31. The van der Waals surface area contributed by atoms with Gasteiger partial charge >= 0.3 is 5.97 Å². The summed E-state index contributed by atoms with van der Waals surface area (Å²) in [5, 5.41) is 9.55. The summed E-state index contributed by atoms with van der Waals surface area (Å²) in [5.74, 6) is -1.22. The summed E-state index contributed by atoms with van der Waals surface area (Å²) >= 11 is 0. The van der Waals surface area contributed by atoms with Crippen molar-refractivity contribution < 1.29 is 14.7 Å². The van der Waals surface area contributed by atoms with Gasteiger partial charge in [-0.1, -0.05) is 41.0 Å². The van der Waals surface area contributed by atoms with Crippen LogP contribution >= 0.6 is 0 Å². The van der Waals surface area contributed by atoms with Crippen LogP contribution in [0.5, 0.6) is 0 Å². The second-order valence-electron chi connectivity index (χ2n) is 9.44. The highest BCUT2D eigenvalue weighted by Crippen LogP contribution is 2.61. The molecule has 2 aliphatic carbocycles. The van der Waals surface area contributed by atoms with E-state index >= 15 is 0 Å². The molecule has 2 aliphatic rings. The summed E-state index contributed by atoms with van der Waals surface area (Å²) in [6.45, 7) is 11.4. The van der Waals surface area contributed by atoms with E-state index in [0.29, 0.717) is 17.8 Å². The number of hydrogen-bond acceptors (Lipinski definition) is 2. The second kappa shape index (κ2) is 6.22. The molecule has 0 aromatic heterocycles. The standard InChI is InChI=1S/C20H34O3/c1-6-20(5)15(12-21)14(17(22)23)8-9-16(20)19(4)11-7-10-18(2,3)13-19/h12,14-16H,6-11,13H2,1-5H3,(H,22,23)/t14?,15?,16?,19-,20?/m0/s1. The first-order chi connectivity index (χ1) is 10.6. The zero-order chi connectivity index (χ0) is 17.5. The second-order valence-corrected chi connectivity index (χ2v) is 9.44. The van der Waals surface area contributed by atoms with Crippen LogP contribution in [-0.2, 0) is 9.59 Å². The third-order valence-corrected chi connectivity index (χ3v) is 7.31. The maximum absolute atomic E-state index is 11.8. The van der Waals surface area contributed by atoms with E-state index < -0.39 is 11.9 Å². The van der Waals surface area contributed by atoms with Gasteiger partial charge in [-0.2, -0.15) is 0 Å². The van der Waals surface area contributed by atoms with Gasteiger partial charge in [-0.25, -0.2) is 0 Å². The monoisotopic (exact) mass is 322 g/mol. The van der Waals surface area contributed by atoms with Crippen LogP contribution in [0.4, 0.5) is 0 Å². The fourth-order valence-corrected chi connectivity index (χ4v) is 6.24. The molecule has 0 radical (unpaired) electrons. The number of aliphatic carboxylic acids is 1. The van der Waals surface area contributed by atoms with E-state index in [9.17, 15) is 14.7 Å². The Hall–Kier alpha value is -0.860. The van der Waals surface area contributed by atoms with E-state index in [1.807, 2.05) is 0 Å². The summed E-state index contributed by atoms with van der Waals surface area (Å²) in [7, 11) is 0. The summed E-state index contributed by atoms with van der Waals surface area (Å²) in [6.07, 6.45) is 8.32. The molecule has 0 aromatic carbocycles. The van der Waals surface area contributed by atoms with E-state index in [1.54, 1.807) is 0 Å². The first-order valence-electron chi connectivity index (χ1n) is 9.28. The molecule has 2 rings (SSSR count). The number of carbonyl (C=O) groups excluding carboxylic acids is 1. The molecule has 0 heterocycles. The van der Waals surface area contributed by atoms with Crippen molar-refractivity contribution in [1.82, 2.24) is 0 Å². The maximum atomic E-state index is 11.8. The van der Waals surface area contributed by atoms with Crippen LogP contribution in [0.1, 0.15) is 79.6 Å². The Balaban J connectivity index is 2.38. The molecule has 0 aromatic rings. The van der Waals surface area contributed by atoms with Crippen molar-refractivity contribution in [2.75, 3.05) is 0 Å². The lowest BCUT2D eigenvalue weighted by atomic mass is 9.46. The molecule has 0 bridgehead atoms. The van der Waals surface area contributed by atoms with Gasteiger partial charge in [-0.15, -0.1) is 0 Å². The lowest BCUT2D eigenvalue weighted by Crippen LogP contribution is -2.53. The zero-order valence-corrected chi connectivity index (χ0v) is 15.5. The van der Waals surface area contributed by atoms with Crippen LogP contribution in [0.25, 0.3) is 0 Å². The van der Waals surface area contributed by atoms with Crippen LogP contribution < -0.4 is 0 Å². The highest BCUT2D eigenvalue weighted by Gasteiger charge is 2.56. The average molecular weight is 322 g/mol. The van der Waals surface area contributed by atoms with Gasteiger partial charge in [0.05, 0.1) is 5.92 Å². The topological polar surface area (TPSA) is 54.4 Å². The van der Waals surface area contributed by atoms with Crippen molar-refractivity contribution in [3.63, 3.8) is 0 Å². The molecule has 23 heavy (non-hydrogen) atoms. The van der Waals surface area contributed by atoms with Crippen molar-refractivity contribution in [3.8, 4) is 0 Å². The Morgan fingerprint density at radius 3 is 2.30 bits per heavy atom. The first-order valence-corrected chi connectivity index (χ1v) is 9.28. The van der Waals surface area contributed by atoms with Crippen LogP contribution in [0, 0.1) is 34.0 Å². The molecule has 3 heteroatoms. The molecule has 1 N–H and O–H groups in total. The zero-order valence-electron chi connectivity index (χ0n) is 15.5. The highest BCUT2D eigenvalue weighted by atomic mass is 16.4. The summed E-state index contributed by atoms with van der Waals surface area (Å²) < 4.78 is 0.